The average Bonchev–Trinajstić information content (AvgIpc) is 2.70. The van der Waals surface area contributed by atoms with Crippen LogP contribution in [0.1, 0.15) is 32.1 Å². The van der Waals surface area contributed by atoms with Gasteiger partial charge in [-0.05, 0) is 49.3 Å². The number of thiol groups is 1. The summed E-state index contributed by atoms with van der Waals surface area (Å²) in [5, 5.41) is 0. The Morgan fingerprint density at radius 1 is 1.29 bits per heavy atom. The number of likely N-dealkylation sites (tertiary alicyclic amines) is 1. The summed E-state index contributed by atoms with van der Waals surface area (Å²) < 4.78 is 0. The van der Waals surface area contributed by atoms with Gasteiger partial charge in [-0.3, -0.25) is 4.79 Å². The van der Waals surface area contributed by atoms with Gasteiger partial charge in [0.15, 0.2) is 0 Å². The van der Waals surface area contributed by atoms with Crippen LogP contribution in [0.3, 0.4) is 0 Å². The third-order valence-electron chi connectivity index (χ3n) is 4.26. The largest absolute Gasteiger partial charge is 0.342 e. The van der Waals surface area contributed by atoms with Gasteiger partial charge in [-0.15, -0.1) is 0 Å². The Balaban J connectivity index is 1.82. The molecule has 1 unspecified atom stereocenters. The quantitative estimate of drug-likeness (QED) is 0.749. The van der Waals surface area contributed by atoms with Crippen molar-refractivity contribution >= 4 is 18.5 Å². The molecule has 2 aliphatic rings. The maximum Gasteiger partial charge on any atom is 0.222 e. The number of amides is 1. The van der Waals surface area contributed by atoms with Crippen molar-refractivity contribution in [2.75, 3.05) is 25.4 Å². The van der Waals surface area contributed by atoms with E-state index in [0.29, 0.717) is 30.1 Å². The van der Waals surface area contributed by atoms with Crippen molar-refractivity contribution in [3.8, 4) is 0 Å². The summed E-state index contributed by atoms with van der Waals surface area (Å²) in [7, 11) is 0. The minimum absolute atomic E-state index is 0.332. The molecule has 0 aromatic carbocycles. The van der Waals surface area contributed by atoms with Crippen molar-refractivity contribution in [3.63, 3.8) is 0 Å². The van der Waals surface area contributed by atoms with Crippen molar-refractivity contribution in [2.45, 2.75) is 32.1 Å². The summed E-state index contributed by atoms with van der Waals surface area (Å²) in [5.41, 5.74) is 5.75. The van der Waals surface area contributed by atoms with E-state index in [2.05, 4.69) is 17.5 Å². The lowest BCUT2D eigenvalue weighted by Gasteiger charge is -2.31. The van der Waals surface area contributed by atoms with Gasteiger partial charge in [-0.2, -0.15) is 12.6 Å². The molecule has 1 saturated carbocycles. The molecule has 1 aliphatic carbocycles. The molecule has 2 rings (SSSR count). The molecule has 1 heterocycles. The van der Waals surface area contributed by atoms with Crippen molar-refractivity contribution in [1.82, 2.24) is 4.90 Å². The van der Waals surface area contributed by atoms with Crippen LogP contribution in [-0.4, -0.2) is 36.2 Å². The number of rotatable bonds is 4. The van der Waals surface area contributed by atoms with Crippen LogP contribution in [0, 0.1) is 17.8 Å². The van der Waals surface area contributed by atoms with E-state index in [1.54, 1.807) is 0 Å². The van der Waals surface area contributed by atoms with E-state index in [1.165, 1.54) is 25.7 Å². The van der Waals surface area contributed by atoms with Crippen LogP contribution in [0.4, 0.5) is 0 Å². The third kappa shape index (κ3) is 3.38. The molecular formula is C13H24N2OS. The fourth-order valence-electron chi connectivity index (χ4n) is 3.25. The lowest BCUT2D eigenvalue weighted by Crippen LogP contribution is -2.34. The first-order chi connectivity index (χ1) is 8.22. The second-order valence-corrected chi connectivity index (χ2v) is 6.05. The number of nitrogens with two attached hydrogens (primary N) is 1. The molecule has 0 radical (unpaired) electrons. The van der Waals surface area contributed by atoms with Gasteiger partial charge in [0.1, 0.15) is 0 Å². The van der Waals surface area contributed by atoms with Gasteiger partial charge in [0.25, 0.3) is 0 Å². The second-order valence-electron chi connectivity index (χ2n) is 5.69. The van der Waals surface area contributed by atoms with E-state index in [0.717, 1.165) is 25.4 Å². The van der Waals surface area contributed by atoms with E-state index in [4.69, 9.17) is 5.73 Å². The van der Waals surface area contributed by atoms with Crippen LogP contribution >= 0.6 is 12.6 Å². The molecule has 3 nitrogen and oxygen atoms in total. The summed E-state index contributed by atoms with van der Waals surface area (Å²) in [5.74, 6) is 3.00. The highest BCUT2D eigenvalue weighted by Crippen LogP contribution is 2.30. The molecule has 3 atom stereocenters. The fourth-order valence-corrected chi connectivity index (χ4v) is 3.49. The van der Waals surface area contributed by atoms with Gasteiger partial charge < -0.3 is 10.6 Å². The molecule has 1 amide bonds. The number of carbonyl (C=O) groups excluding carboxylic acids is 1. The molecule has 1 saturated heterocycles. The molecule has 2 N–H and O–H groups in total. The van der Waals surface area contributed by atoms with Gasteiger partial charge in [0.2, 0.25) is 5.91 Å². The van der Waals surface area contributed by atoms with Gasteiger partial charge in [0.05, 0.1) is 0 Å². The monoisotopic (exact) mass is 256 g/mol. The zero-order valence-electron chi connectivity index (χ0n) is 10.5. The summed E-state index contributed by atoms with van der Waals surface area (Å²) in [4.78, 5) is 13.9. The van der Waals surface area contributed by atoms with Crippen LogP contribution in [-0.2, 0) is 4.79 Å². The number of nitrogens with zero attached hydrogens (tertiary/aromatic N) is 1. The van der Waals surface area contributed by atoms with Gasteiger partial charge in [-0.25, -0.2) is 0 Å². The molecule has 0 aromatic rings. The molecule has 2 fully saturated rings. The highest BCUT2D eigenvalue weighted by molar-refractivity contribution is 7.80. The number of hydrogen-bond donors (Lipinski definition) is 2. The summed E-state index contributed by atoms with van der Waals surface area (Å²) >= 11 is 4.30. The predicted molar refractivity (Wildman–Crippen MR) is 73.0 cm³/mol. The topological polar surface area (TPSA) is 46.3 Å². The standard InChI is InChI=1S/C13H24N2OS/c14-6-10-2-1-3-11(4-10)7-15-8-12(9-17)5-13(15)16/h10-12,17H,1-9,14H2/t10-,11+,12?/m1/s1. The van der Waals surface area contributed by atoms with Crippen LogP contribution in [0.5, 0.6) is 0 Å². The molecule has 0 aromatic heterocycles. The fraction of sp³-hybridized carbons (Fsp3) is 0.923. The van der Waals surface area contributed by atoms with Crippen LogP contribution in [0.2, 0.25) is 0 Å². The number of hydrogen-bond acceptors (Lipinski definition) is 3. The zero-order valence-corrected chi connectivity index (χ0v) is 11.4. The predicted octanol–water partition coefficient (Wildman–Crippen LogP) is 1.53. The van der Waals surface area contributed by atoms with E-state index in [1.807, 2.05) is 0 Å². The average molecular weight is 256 g/mol. The van der Waals surface area contributed by atoms with E-state index in [9.17, 15) is 4.79 Å². The molecule has 0 spiro atoms. The smallest absolute Gasteiger partial charge is 0.222 e. The highest BCUT2D eigenvalue weighted by Gasteiger charge is 2.31. The Morgan fingerprint density at radius 3 is 2.71 bits per heavy atom. The lowest BCUT2D eigenvalue weighted by atomic mass is 9.81. The van der Waals surface area contributed by atoms with Gasteiger partial charge in [0, 0.05) is 19.5 Å². The zero-order chi connectivity index (χ0) is 12.3. The summed E-state index contributed by atoms with van der Waals surface area (Å²) in [6, 6.07) is 0. The number of carbonyl (C=O) groups is 1. The van der Waals surface area contributed by atoms with Crippen LogP contribution < -0.4 is 5.73 Å². The highest BCUT2D eigenvalue weighted by atomic mass is 32.1. The summed E-state index contributed by atoms with van der Waals surface area (Å²) in [6.07, 6.45) is 5.75. The van der Waals surface area contributed by atoms with E-state index >= 15 is 0 Å². The lowest BCUT2D eigenvalue weighted by molar-refractivity contribution is -0.128. The van der Waals surface area contributed by atoms with Crippen LogP contribution in [0.25, 0.3) is 0 Å². The minimum Gasteiger partial charge on any atom is -0.342 e. The molecular weight excluding hydrogens is 232 g/mol. The van der Waals surface area contributed by atoms with E-state index in [-0.39, 0.29) is 0 Å². The minimum atomic E-state index is 0.332. The Labute approximate surface area is 110 Å². The van der Waals surface area contributed by atoms with Gasteiger partial charge in [-0.1, -0.05) is 6.42 Å². The van der Waals surface area contributed by atoms with E-state index < -0.39 is 0 Å². The first kappa shape index (κ1) is 13.2. The Hall–Kier alpha value is -0.220. The Kier molecular flexibility index (Phi) is 4.74. The first-order valence-corrected chi connectivity index (χ1v) is 7.44. The Morgan fingerprint density at radius 2 is 2.06 bits per heavy atom. The molecule has 17 heavy (non-hydrogen) atoms. The second kappa shape index (κ2) is 6.10. The first-order valence-electron chi connectivity index (χ1n) is 6.81. The summed E-state index contributed by atoms with van der Waals surface area (Å²) in [6.45, 7) is 2.69. The van der Waals surface area contributed by atoms with Crippen molar-refractivity contribution in [3.05, 3.63) is 0 Å². The van der Waals surface area contributed by atoms with Crippen molar-refractivity contribution < 1.29 is 4.79 Å². The molecule has 0 bridgehead atoms. The maximum absolute atomic E-state index is 11.8. The molecule has 1 aliphatic heterocycles. The van der Waals surface area contributed by atoms with Crippen molar-refractivity contribution in [1.29, 1.82) is 0 Å². The molecule has 98 valence electrons. The Bertz CT molecular complexity index is 272. The SMILES string of the molecule is NC[C@@H]1CCC[C@H](CN2CC(CS)CC2=O)C1. The van der Waals surface area contributed by atoms with Crippen molar-refractivity contribution in [2.24, 2.45) is 23.5 Å². The maximum atomic E-state index is 11.8. The van der Waals surface area contributed by atoms with Gasteiger partial charge >= 0.3 is 0 Å². The molecule has 4 heteroatoms. The normalized spacial score (nSPS) is 34.4. The van der Waals surface area contributed by atoms with Crippen LogP contribution in [0.15, 0.2) is 0 Å². The third-order valence-corrected chi connectivity index (χ3v) is 4.77.